The minimum absolute atomic E-state index is 0.108. The van der Waals surface area contributed by atoms with E-state index in [0.29, 0.717) is 22.3 Å². The van der Waals surface area contributed by atoms with E-state index in [1.165, 1.54) is 10.1 Å². The molecule has 0 aliphatic carbocycles. The molecule has 0 atom stereocenters. The summed E-state index contributed by atoms with van der Waals surface area (Å²) < 4.78 is 1.44. The summed E-state index contributed by atoms with van der Waals surface area (Å²) in [5.74, 6) is 0.224. The lowest BCUT2D eigenvalue weighted by Crippen LogP contribution is -2.21. The molecule has 0 radical (unpaired) electrons. The van der Waals surface area contributed by atoms with Gasteiger partial charge in [0.2, 0.25) is 0 Å². The van der Waals surface area contributed by atoms with Crippen LogP contribution in [0.25, 0.3) is 10.8 Å². The molecule has 0 unspecified atom stereocenters. The summed E-state index contributed by atoms with van der Waals surface area (Å²) in [6, 6.07) is 15.0. The van der Waals surface area contributed by atoms with Crippen molar-refractivity contribution >= 4 is 22.4 Å². The fourth-order valence-corrected chi connectivity index (χ4v) is 2.75. The first-order valence-corrected chi connectivity index (χ1v) is 7.97. The van der Waals surface area contributed by atoms with Gasteiger partial charge in [-0.1, -0.05) is 44.2 Å². The zero-order chi connectivity index (χ0) is 17.3. The molecule has 0 fully saturated rings. The first-order valence-electron chi connectivity index (χ1n) is 7.97. The van der Waals surface area contributed by atoms with Crippen LogP contribution in [0.2, 0.25) is 0 Å². The summed E-state index contributed by atoms with van der Waals surface area (Å²) in [4.78, 5) is 24.9. The van der Waals surface area contributed by atoms with Crippen LogP contribution in [-0.2, 0) is 7.05 Å². The van der Waals surface area contributed by atoms with E-state index in [1.54, 1.807) is 31.4 Å². The highest BCUT2D eigenvalue weighted by molar-refractivity contribution is 6.12. The average Bonchev–Trinajstić information content (AvgIpc) is 2.58. The van der Waals surface area contributed by atoms with Crippen molar-refractivity contribution in [2.45, 2.75) is 19.8 Å². The second-order valence-electron chi connectivity index (χ2n) is 6.24. The van der Waals surface area contributed by atoms with E-state index in [4.69, 9.17) is 0 Å². The fourth-order valence-electron chi connectivity index (χ4n) is 2.75. The zero-order valence-corrected chi connectivity index (χ0v) is 14.0. The molecule has 0 spiro atoms. The third kappa shape index (κ3) is 2.95. The van der Waals surface area contributed by atoms with Crippen molar-refractivity contribution in [1.82, 2.24) is 4.57 Å². The lowest BCUT2D eigenvalue weighted by atomic mass is 10.0. The standard InChI is InChI=1S/C20H20N2O2/c1-13(2)14-8-10-15(11-9-14)21-19(23)18-12-22(3)20(24)17-7-5-4-6-16(17)18/h4-13H,1-3H3,(H,21,23). The van der Waals surface area contributed by atoms with Gasteiger partial charge in [-0.25, -0.2) is 0 Å². The number of anilines is 1. The first kappa shape index (κ1) is 16.0. The van der Waals surface area contributed by atoms with E-state index < -0.39 is 0 Å². The minimum Gasteiger partial charge on any atom is -0.322 e. The van der Waals surface area contributed by atoms with Crippen molar-refractivity contribution in [1.29, 1.82) is 0 Å². The number of aryl methyl sites for hydroxylation is 1. The maximum Gasteiger partial charge on any atom is 0.258 e. The molecule has 2 aromatic carbocycles. The predicted octanol–water partition coefficient (Wildman–Crippen LogP) is 3.91. The molecule has 122 valence electrons. The van der Waals surface area contributed by atoms with Crippen molar-refractivity contribution in [3.05, 3.63) is 76.2 Å². The average molecular weight is 320 g/mol. The van der Waals surface area contributed by atoms with Gasteiger partial charge >= 0.3 is 0 Å². The number of pyridine rings is 1. The molecule has 0 bridgehead atoms. The lowest BCUT2D eigenvalue weighted by Gasteiger charge is -2.11. The van der Waals surface area contributed by atoms with Gasteiger partial charge in [-0.2, -0.15) is 0 Å². The number of hydrogen-bond donors (Lipinski definition) is 1. The molecule has 24 heavy (non-hydrogen) atoms. The highest BCUT2D eigenvalue weighted by Crippen LogP contribution is 2.20. The number of amides is 1. The molecule has 3 aromatic rings. The SMILES string of the molecule is CC(C)c1ccc(NC(=O)c2cn(C)c(=O)c3ccccc23)cc1. The Bertz CT molecular complexity index is 954. The molecular weight excluding hydrogens is 300 g/mol. The predicted molar refractivity (Wildman–Crippen MR) is 97.7 cm³/mol. The first-order chi connectivity index (χ1) is 11.5. The molecule has 1 N–H and O–H groups in total. The maximum absolute atomic E-state index is 12.7. The van der Waals surface area contributed by atoms with Crippen molar-refractivity contribution in [2.24, 2.45) is 7.05 Å². The highest BCUT2D eigenvalue weighted by atomic mass is 16.2. The van der Waals surface area contributed by atoms with Gasteiger partial charge in [0, 0.05) is 29.7 Å². The van der Waals surface area contributed by atoms with Gasteiger partial charge in [-0.05, 0) is 29.7 Å². The van der Waals surface area contributed by atoms with Crippen LogP contribution >= 0.6 is 0 Å². The van der Waals surface area contributed by atoms with Crippen molar-refractivity contribution < 1.29 is 4.79 Å². The van der Waals surface area contributed by atoms with Gasteiger partial charge in [-0.15, -0.1) is 0 Å². The van der Waals surface area contributed by atoms with Crippen LogP contribution in [0.4, 0.5) is 5.69 Å². The van der Waals surface area contributed by atoms with Crippen LogP contribution < -0.4 is 10.9 Å². The third-order valence-corrected chi connectivity index (χ3v) is 4.17. The molecule has 0 aliphatic rings. The van der Waals surface area contributed by atoms with Gasteiger partial charge in [0.1, 0.15) is 0 Å². The minimum atomic E-state index is -0.223. The molecule has 1 aromatic heterocycles. The number of rotatable bonds is 3. The monoisotopic (exact) mass is 320 g/mol. The Balaban J connectivity index is 1.97. The van der Waals surface area contributed by atoms with E-state index in [-0.39, 0.29) is 11.5 Å². The van der Waals surface area contributed by atoms with E-state index in [9.17, 15) is 9.59 Å². The third-order valence-electron chi connectivity index (χ3n) is 4.17. The summed E-state index contributed by atoms with van der Waals surface area (Å²) in [6.45, 7) is 4.26. The number of nitrogens with zero attached hydrogens (tertiary/aromatic N) is 1. The highest BCUT2D eigenvalue weighted by Gasteiger charge is 2.13. The van der Waals surface area contributed by atoms with Crippen LogP contribution in [-0.4, -0.2) is 10.5 Å². The topological polar surface area (TPSA) is 51.1 Å². The second kappa shape index (κ2) is 6.32. The molecule has 0 saturated heterocycles. The quantitative estimate of drug-likeness (QED) is 0.795. The normalized spacial score (nSPS) is 11.0. The largest absolute Gasteiger partial charge is 0.322 e. The number of aromatic nitrogens is 1. The van der Waals surface area contributed by atoms with Crippen LogP contribution in [0.1, 0.15) is 35.7 Å². The number of carbonyl (C=O) groups is 1. The summed E-state index contributed by atoms with van der Waals surface area (Å²) in [5, 5.41) is 4.12. The molecule has 4 heteroatoms. The summed E-state index contributed by atoms with van der Waals surface area (Å²) in [7, 11) is 1.66. The molecule has 3 rings (SSSR count). The Hall–Kier alpha value is -2.88. The van der Waals surface area contributed by atoms with Crippen LogP contribution in [0.15, 0.2) is 59.5 Å². The number of benzene rings is 2. The molecule has 1 amide bonds. The fraction of sp³-hybridized carbons (Fsp3) is 0.200. The van der Waals surface area contributed by atoms with E-state index >= 15 is 0 Å². The molecule has 0 aliphatic heterocycles. The van der Waals surface area contributed by atoms with E-state index in [2.05, 4.69) is 19.2 Å². The number of nitrogens with one attached hydrogen (secondary N) is 1. The lowest BCUT2D eigenvalue weighted by molar-refractivity contribution is 0.102. The second-order valence-corrected chi connectivity index (χ2v) is 6.24. The van der Waals surface area contributed by atoms with E-state index in [0.717, 1.165) is 5.69 Å². The summed E-state index contributed by atoms with van der Waals surface area (Å²) in [6.07, 6.45) is 1.59. The Kier molecular flexibility index (Phi) is 4.21. The number of fused-ring (bicyclic) bond motifs is 1. The van der Waals surface area contributed by atoms with Crippen LogP contribution in [0, 0.1) is 0 Å². The Morgan fingerprint density at radius 1 is 1.00 bits per heavy atom. The van der Waals surface area contributed by atoms with Gasteiger partial charge in [-0.3, -0.25) is 9.59 Å². The molecule has 1 heterocycles. The van der Waals surface area contributed by atoms with Crippen molar-refractivity contribution in [3.8, 4) is 0 Å². The summed E-state index contributed by atoms with van der Waals surface area (Å²) >= 11 is 0. The molecule has 4 nitrogen and oxygen atoms in total. The van der Waals surface area contributed by atoms with Gasteiger partial charge < -0.3 is 9.88 Å². The maximum atomic E-state index is 12.7. The molecular formula is C20H20N2O2. The van der Waals surface area contributed by atoms with Gasteiger partial charge in [0.05, 0.1) is 5.56 Å². The Morgan fingerprint density at radius 3 is 2.25 bits per heavy atom. The van der Waals surface area contributed by atoms with Gasteiger partial charge in [0.15, 0.2) is 0 Å². The van der Waals surface area contributed by atoms with Gasteiger partial charge in [0.25, 0.3) is 11.5 Å². The zero-order valence-electron chi connectivity index (χ0n) is 14.0. The van der Waals surface area contributed by atoms with Crippen molar-refractivity contribution in [2.75, 3.05) is 5.32 Å². The Morgan fingerprint density at radius 2 is 1.62 bits per heavy atom. The summed E-state index contributed by atoms with van der Waals surface area (Å²) in [5.41, 5.74) is 2.34. The number of carbonyl (C=O) groups excluding carboxylic acids is 1. The van der Waals surface area contributed by atoms with Crippen LogP contribution in [0.3, 0.4) is 0 Å². The molecule has 0 saturated carbocycles. The smallest absolute Gasteiger partial charge is 0.258 e. The van der Waals surface area contributed by atoms with Crippen LogP contribution in [0.5, 0.6) is 0 Å². The Labute approximate surface area is 140 Å². The van der Waals surface area contributed by atoms with E-state index in [1.807, 2.05) is 30.3 Å². The number of hydrogen-bond acceptors (Lipinski definition) is 2. The van der Waals surface area contributed by atoms with Crippen molar-refractivity contribution in [3.63, 3.8) is 0 Å².